The Kier molecular flexibility index (Phi) is 3.87. The molecule has 1 heterocycles. The minimum Gasteiger partial charge on any atom is -0.334 e. The lowest BCUT2D eigenvalue weighted by Gasteiger charge is -2.23. The Bertz CT molecular complexity index is 396. The van der Waals surface area contributed by atoms with E-state index in [-0.39, 0.29) is 11.9 Å². The van der Waals surface area contributed by atoms with Gasteiger partial charge in [0, 0.05) is 28.5 Å². The van der Waals surface area contributed by atoms with Crippen molar-refractivity contribution in [3.63, 3.8) is 0 Å². The van der Waals surface area contributed by atoms with Crippen molar-refractivity contribution in [3.05, 3.63) is 34.3 Å². The molecule has 1 aliphatic heterocycles. The smallest absolute Gasteiger partial charge is 0.254 e. The maximum absolute atomic E-state index is 12.2. The topological polar surface area (TPSA) is 20.3 Å². The van der Waals surface area contributed by atoms with Crippen LogP contribution in [0.2, 0.25) is 0 Å². The molecule has 1 saturated heterocycles. The Hall–Kier alpha value is -0.540. The molecular weight excluding hydrogens is 289 g/mol. The Morgan fingerprint density at radius 3 is 3.06 bits per heavy atom. The first-order chi connectivity index (χ1) is 7.72. The third-order valence-electron chi connectivity index (χ3n) is 2.89. The zero-order chi connectivity index (χ0) is 11.5. The molecule has 0 saturated carbocycles. The van der Waals surface area contributed by atoms with Gasteiger partial charge in [0.05, 0.1) is 0 Å². The van der Waals surface area contributed by atoms with Gasteiger partial charge in [-0.3, -0.25) is 4.79 Å². The lowest BCUT2D eigenvalue weighted by molar-refractivity contribution is 0.0749. The molecule has 0 radical (unpaired) electrons. The van der Waals surface area contributed by atoms with Crippen LogP contribution < -0.4 is 0 Å². The van der Waals surface area contributed by atoms with E-state index < -0.39 is 0 Å². The lowest BCUT2D eigenvalue weighted by Crippen LogP contribution is -2.36. The van der Waals surface area contributed by atoms with Gasteiger partial charge in [-0.25, -0.2) is 0 Å². The lowest BCUT2D eigenvalue weighted by atomic mass is 10.2. The van der Waals surface area contributed by atoms with Crippen molar-refractivity contribution in [1.82, 2.24) is 4.90 Å². The highest BCUT2D eigenvalue weighted by molar-refractivity contribution is 9.10. The van der Waals surface area contributed by atoms with Gasteiger partial charge >= 0.3 is 0 Å². The predicted octanol–water partition coefficient (Wildman–Crippen LogP) is 3.29. The molecule has 2 rings (SSSR count). The number of carbonyl (C=O) groups is 1. The third kappa shape index (κ3) is 2.41. The quantitative estimate of drug-likeness (QED) is 0.768. The first kappa shape index (κ1) is 11.9. The molecule has 0 bridgehead atoms. The average Bonchev–Trinajstić information content (AvgIpc) is 2.76. The number of hydrogen-bond donors (Lipinski definition) is 0. The normalized spacial score (nSPS) is 20.1. The van der Waals surface area contributed by atoms with E-state index in [0.717, 1.165) is 29.4 Å². The monoisotopic (exact) mass is 301 g/mol. The number of hydrogen-bond acceptors (Lipinski definition) is 1. The molecule has 1 aromatic carbocycles. The fraction of sp³-hybridized carbons (Fsp3) is 0.417. The number of alkyl halides is 1. The SMILES string of the molecule is O=C(c1cccc(Br)c1)N1CCCC1CCl. The largest absolute Gasteiger partial charge is 0.334 e. The molecule has 0 spiro atoms. The average molecular weight is 303 g/mol. The molecule has 1 amide bonds. The maximum atomic E-state index is 12.2. The van der Waals surface area contributed by atoms with Gasteiger partial charge in [0.15, 0.2) is 0 Å². The van der Waals surface area contributed by atoms with E-state index in [4.69, 9.17) is 11.6 Å². The van der Waals surface area contributed by atoms with Gasteiger partial charge in [0.1, 0.15) is 0 Å². The minimum atomic E-state index is 0.0875. The third-order valence-corrected chi connectivity index (χ3v) is 3.74. The van der Waals surface area contributed by atoms with Crippen molar-refractivity contribution >= 4 is 33.4 Å². The van der Waals surface area contributed by atoms with Crippen molar-refractivity contribution < 1.29 is 4.79 Å². The highest BCUT2D eigenvalue weighted by Gasteiger charge is 2.28. The Balaban J connectivity index is 2.18. The molecule has 1 aromatic rings. The zero-order valence-electron chi connectivity index (χ0n) is 8.83. The van der Waals surface area contributed by atoms with Crippen LogP contribution >= 0.6 is 27.5 Å². The number of benzene rings is 1. The van der Waals surface area contributed by atoms with E-state index in [2.05, 4.69) is 15.9 Å². The summed E-state index contributed by atoms with van der Waals surface area (Å²) in [7, 11) is 0. The van der Waals surface area contributed by atoms with Gasteiger partial charge in [0.25, 0.3) is 5.91 Å². The van der Waals surface area contributed by atoms with Gasteiger partial charge in [-0.1, -0.05) is 22.0 Å². The second-order valence-corrected chi connectivity index (χ2v) is 5.18. The van der Waals surface area contributed by atoms with Crippen LogP contribution in [-0.4, -0.2) is 29.3 Å². The Labute approximate surface area is 109 Å². The van der Waals surface area contributed by atoms with Crippen LogP contribution in [0.5, 0.6) is 0 Å². The fourth-order valence-corrected chi connectivity index (χ4v) is 2.77. The van der Waals surface area contributed by atoms with Crippen LogP contribution in [0.1, 0.15) is 23.2 Å². The molecule has 4 heteroatoms. The highest BCUT2D eigenvalue weighted by Crippen LogP contribution is 2.22. The predicted molar refractivity (Wildman–Crippen MR) is 68.9 cm³/mol. The number of amides is 1. The second kappa shape index (κ2) is 5.19. The summed E-state index contributed by atoms with van der Waals surface area (Å²) >= 11 is 9.24. The number of halogens is 2. The maximum Gasteiger partial charge on any atom is 0.254 e. The second-order valence-electron chi connectivity index (χ2n) is 3.96. The van der Waals surface area contributed by atoms with Crippen molar-refractivity contribution in [2.24, 2.45) is 0 Å². The summed E-state index contributed by atoms with van der Waals surface area (Å²) in [5.41, 5.74) is 0.728. The highest BCUT2D eigenvalue weighted by atomic mass is 79.9. The van der Waals surface area contributed by atoms with E-state index in [0.29, 0.717) is 5.88 Å². The first-order valence-corrected chi connectivity index (χ1v) is 6.67. The standard InChI is InChI=1S/C12H13BrClNO/c13-10-4-1-3-9(7-10)12(16)15-6-2-5-11(15)8-14/h1,3-4,7,11H,2,5-6,8H2. The van der Waals surface area contributed by atoms with Crippen molar-refractivity contribution in [3.8, 4) is 0 Å². The molecule has 2 nitrogen and oxygen atoms in total. The Morgan fingerprint density at radius 1 is 1.56 bits per heavy atom. The van der Waals surface area contributed by atoms with Crippen LogP contribution in [0.3, 0.4) is 0 Å². The van der Waals surface area contributed by atoms with Gasteiger partial charge in [-0.2, -0.15) is 0 Å². The molecule has 1 aliphatic rings. The van der Waals surface area contributed by atoms with E-state index in [1.54, 1.807) is 0 Å². The molecule has 16 heavy (non-hydrogen) atoms. The summed E-state index contributed by atoms with van der Waals surface area (Å²) in [6.07, 6.45) is 2.07. The molecule has 0 N–H and O–H groups in total. The van der Waals surface area contributed by atoms with Crippen LogP contribution in [0.15, 0.2) is 28.7 Å². The van der Waals surface area contributed by atoms with E-state index in [1.807, 2.05) is 29.2 Å². The van der Waals surface area contributed by atoms with Gasteiger partial charge < -0.3 is 4.90 Å². The van der Waals surface area contributed by atoms with E-state index in [9.17, 15) is 4.79 Å². The molecule has 1 atom stereocenters. The first-order valence-electron chi connectivity index (χ1n) is 5.35. The zero-order valence-corrected chi connectivity index (χ0v) is 11.2. The van der Waals surface area contributed by atoms with Crippen molar-refractivity contribution in [2.75, 3.05) is 12.4 Å². The number of rotatable bonds is 2. The van der Waals surface area contributed by atoms with Gasteiger partial charge in [-0.05, 0) is 31.0 Å². The van der Waals surface area contributed by atoms with Crippen LogP contribution in [0.25, 0.3) is 0 Å². The summed E-state index contributed by atoms with van der Waals surface area (Å²) in [5, 5.41) is 0. The number of carbonyl (C=O) groups excluding carboxylic acids is 1. The fourth-order valence-electron chi connectivity index (χ4n) is 2.05. The van der Waals surface area contributed by atoms with E-state index in [1.165, 1.54) is 0 Å². The summed E-state index contributed by atoms with van der Waals surface area (Å²) in [4.78, 5) is 14.1. The van der Waals surface area contributed by atoms with Crippen LogP contribution in [0.4, 0.5) is 0 Å². The van der Waals surface area contributed by atoms with Crippen molar-refractivity contribution in [1.29, 1.82) is 0 Å². The summed E-state index contributed by atoms with van der Waals surface area (Å²) < 4.78 is 0.931. The molecule has 1 fully saturated rings. The Morgan fingerprint density at radius 2 is 2.38 bits per heavy atom. The summed E-state index contributed by atoms with van der Waals surface area (Å²) in [5.74, 6) is 0.615. The summed E-state index contributed by atoms with van der Waals surface area (Å²) in [6, 6.07) is 7.69. The van der Waals surface area contributed by atoms with Crippen LogP contribution in [0, 0.1) is 0 Å². The molecule has 86 valence electrons. The number of nitrogens with zero attached hydrogens (tertiary/aromatic N) is 1. The molecule has 1 unspecified atom stereocenters. The molecule has 0 aromatic heterocycles. The van der Waals surface area contributed by atoms with Crippen LogP contribution in [-0.2, 0) is 0 Å². The number of likely N-dealkylation sites (tertiary alicyclic amines) is 1. The molecular formula is C12H13BrClNO. The molecule has 0 aliphatic carbocycles. The van der Waals surface area contributed by atoms with Crippen molar-refractivity contribution in [2.45, 2.75) is 18.9 Å². The van der Waals surface area contributed by atoms with Gasteiger partial charge in [0.2, 0.25) is 0 Å². The van der Waals surface area contributed by atoms with Gasteiger partial charge in [-0.15, -0.1) is 11.6 Å². The summed E-state index contributed by atoms with van der Waals surface area (Å²) in [6.45, 7) is 0.822. The minimum absolute atomic E-state index is 0.0875. The van der Waals surface area contributed by atoms with E-state index >= 15 is 0 Å².